The Morgan fingerprint density at radius 1 is 0.886 bits per heavy atom. The number of nitrogens with zero attached hydrogens (tertiary/aromatic N) is 3. The van der Waals surface area contributed by atoms with E-state index in [-0.39, 0.29) is 36.9 Å². The molecule has 9 heteroatoms. The third kappa shape index (κ3) is 7.84. The van der Waals surface area contributed by atoms with Crippen LogP contribution in [0.5, 0.6) is 0 Å². The van der Waals surface area contributed by atoms with Crippen LogP contribution >= 0.6 is 0 Å². The van der Waals surface area contributed by atoms with Crippen molar-refractivity contribution in [3.05, 3.63) is 90.0 Å². The number of hydrogen-bond donors (Lipinski definition) is 2. The van der Waals surface area contributed by atoms with Gasteiger partial charge in [0.1, 0.15) is 6.61 Å². The summed E-state index contributed by atoms with van der Waals surface area (Å²) in [5, 5.41) is 3.38. The number of piperidine rings is 2. The number of likely N-dealkylation sites (tertiary alicyclic amines) is 1. The van der Waals surface area contributed by atoms with Crippen molar-refractivity contribution in [2.75, 3.05) is 51.3 Å². The average Bonchev–Trinajstić information content (AvgIpc) is 3.06. The van der Waals surface area contributed by atoms with Gasteiger partial charge in [-0.25, -0.2) is 4.79 Å². The van der Waals surface area contributed by atoms with E-state index in [2.05, 4.69) is 10.2 Å². The first-order valence-corrected chi connectivity index (χ1v) is 15.6. The largest absolute Gasteiger partial charge is 0.447 e. The summed E-state index contributed by atoms with van der Waals surface area (Å²) in [6.45, 7) is 4.49. The fourth-order valence-corrected chi connectivity index (χ4v) is 6.10. The minimum absolute atomic E-state index is 0.0148. The van der Waals surface area contributed by atoms with E-state index >= 15 is 0 Å². The molecule has 2 aliphatic rings. The lowest BCUT2D eigenvalue weighted by molar-refractivity contribution is -0.123. The second-order valence-electron chi connectivity index (χ2n) is 11.7. The van der Waals surface area contributed by atoms with Crippen molar-refractivity contribution < 1.29 is 19.1 Å². The van der Waals surface area contributed by atoms with Crippen molar-refractivity contribution in [3.8, 4) is 11.1 Å². The summed E-state index contributed by atoms with van der Waals surface area (Å²) in [5.74, 6) is -0.364. The molecular weight excluding hydrogens is 554 g/mol. The number of nitrogens with two attached hydrogens (primary N) is 1. The molecule has 0 spiro atoms. The molecular formula is C35H43N5O4. The van der Waals surface area contributed by atoms with E-state index < -0.39 is 6.09 Å². The molecule has 0 aromatic heterocycles. The summed E-state index contributed by atoms with van der Waals surface area (Å²) in [6.07, 6.45) is 2.84. The predicted molar refractivity (Wildman–Crippen MR) is 172 cm³/mol. The SMILES string of the molecule is CN(CCOC(=O)N(c1ccccc1-c1ccccc1)C1CCNCC1)C(=O)c1ccc(CN2CCC(C(N)=O)CC2)cc1. The Morgan fingerprint density at radius 2 is 1.55 bits per heavy atom. The monoisotopic (exact) mass is 597 g/mol. The summed E-state index contributed by atoms with van der Waals surface area (Å²) < 4.78 is 5.82. The van der Waals surface area contributed by atoms with E-state index in [1.807, 2.05) is 78.9 Å². The Labute approximate surface area is 260 Å². The zero-order chi connectivity index (χ0) is 30.9. The Balaban J connectivity index is 1.17. The van der Waals surface area contributed by atoms with Crippen LogP contribution in [0.3, 0.4) is 0 Å². The zero-order valence-corrected chi connectivity index (χ0v) is 25.5. The van der Waals surface area contributed by atoms with Gasteiger partial charge in [0.15, 0.2) is 0 Å². The molecule has 9 nitrogen and oxygen atoms in total. The summed E-state index contributed by atoms with van der Waals surface area (Å²) >= 11 is 0. The summed E-state index contributed by atoms with van der Waals surface area (Å²) in [5.41, 5.74) is 10.0. The maximum atomic E-state index is 13.7. The van der Waals surface area contributed by atoms with Crippen molar-refractivity contribution in [2.45, 2.75) is 38.3 Å². The Bertz CT molecular complexity index is 1400. The third-order valence-electron chi connectivity index (χ3n) is 8.71. The molecule has 44 heavy (non-hydrogen) atoms. The molecule has 3 N–H and O–H groups in total. The fourth-order valence-electron chi connectivity index (χ4n) is 6.10. The number of rotatable bonds is 10. The second kappa shape index (κ2) is 15.0. The van der Waals surface area contributed by atoms with Crippen LogP contribution in [0.4, 0.5) is 10.5 Å². The molecule has 2 aliphatic heterocycles. The number of likely N-dealkylation sites (N-methyl/N-ethyl adjacent to an activating group) is 1. The van der Waals surface area contributed by atoms with Crippen LogP contribution in [0.2, 0.25) is 0 Å². The van der Waals surface area contributed by atoms with Crippen LogP contribution < -0.4 is 16.0 Å². The molecule has 0 atom stereocenters. The first kappa shape index (κ1) is 31.2. The summed E-state index contributed by atoms with van der Waals surface area (Å²) in [6, 6.07) is 25.7. The van der Waals surface area contributed by atoms with Gasteiger partial charge in [-0.3, -0.25) is 19.4 Å². The number of amides is 3. The highest BCUT2D eigenvalue weighted by Gasteiger charge is 2.30. The van der Waals surface area contributed by atoms with Gasteiger partial charge >= 0.3 is 6.09 Å². The molecule has 0 radical (unpaired) electrons. The van der Waals surface area contributed by atoms with Crippen LogP contribution in [0.25, 0.3) is 11.1 Å². The normalized spacial score (nSPS) is 16.3. The van der Waals surface area contributed by atoms with E-state index in [9.17, 15) is 14.4 Å². The molecule has 0 unspecified atom stereocenters. The van der Waals surface area contributed by atoms with Gasteiger partial charge in [-0.1, -0.05) is 60.7 Å². The van der Waals surface area contributed by atoms with Crippen LogP contribution in [0.15, 0.2) is 78.9 Å². The number of carbonyl (C=O) groups excluding carboxylic acids is 3. The molecule has 0 aliphatic carbocycles. The number of anilines is 1. The quantitative estimate of drug-likeness (QED) is 0.356. The Hall–Kier alpha value is -4.21. The van der Waals surface area contributed by atoms with Gasteiger partial charge in [0.05, 0.1) is 12.2 Å². The first-order valence-electron chi connectivity index (χ1n) is 15.6. The summed E-state index contributed by atoms with van der Waals surface area (Å²) in [7, 11) is 1.72. The average molecular weight is 598 g/mol. The first-order chi connectivity index (χ1) is 21.4. The van der Waals surface area contributed by atoms with Crippen molar-refractivity contribution in [1.29, 1.82) is 0 Å². The molecule has 5 rings (SSSR count). The number of carbonyl (C=O) groups is 3. The van der Waals surface area contributed by atoms with E-state index in [4.69, 9.17) is 10.5 Å². The molecule has 0 bridgehead atoms. The number of nitrogens with one attached hydrogen (secondary N) is 1. The van der Waals surface area contributed by atoms with Crippen LogP contribution in [-0.2, 0) is 16.1 Å². The van der Waals surface area contributed by atoms with Crippen molar-refractivity contribution in [1.82, 2.24) is 15.1 Å². The summed E-state index contributed by atoms with van der Waals surface area (Å²) in [4.78, 5) is 43.9. The van der Waals surface area contributed by atoms with Gasteiger partial charge in [0.2, 0.25) is 5.91 Å². The van der Waals surface area contributed by atoms with Gasteiger partial charge in [-0.2, -0.15) is 0 Å². The number of hydrogen-bond acceptors (Lipinski definition) is 6. The lowest BCUT2D eigenvalue weighted by Gasteiger charge is -2.35. The lowest BCUT2D eigenvalue weighted by atomic mass is 9.96. The third-order valence-corrected chi connectivity index (χ3v) is 8.71. The molecule has 2 heterocycles. The molecule has 2 fully saturated rings. The van der Waals surface area contributed by atoms with Crippen LogP contribution in [-0.4, -0.2) is 80.1 Å². The van der Waals surface area contributed by atoms with Crippen LogP contribution in [0, 0.1) is 5.92 Å². The van der Waals surface area contributed by atoms with Gasteiger partial charge in [-0.05, 0) is 81.2 Å². The van der Waals surface area contributed by atoms with Gasteiger partial charge in [0.25, 0.3) is 5.91 Å². The van der Waals surface area contributed by atoms with Gasteiger partial charge < -0.3 is 20.7 Å². The number of benzene rings is 3. The fraction of sp³-hybridized carbons (Fsp3) is 0.400. The van der Waals surface area contributed by atoms with E-state index in [1.165, 1.54) is 0 Å². The topological polar surface area (TPSA) is 108 Å². The molecule has 232 valence electrons. The highest BCUT2D eigenvalue weighted by atomic mass is 16.6. The predicted octanol–water partition coefficient (Wildman–Crippen LogP) is 4.52. The molecule has 0 saturated carbocycles. The number of primary amides is 1. The molecule has 3 aromatic rings. The highest BCUT2D eigenvalue weighted by Crippen LogP contribution is 2.34. The molecule has 2 saturated heterocycles. The number of ether oxygens (including phenoxy) is 1. The zero-order valence-electron chi connectivity index (χ0n) is 25.5. The smallest absolute Gasteiger partial charge is 0.414 e. The van der Waals surface area contributed by atoms with E-state index in [1.54, 1.807) is 16.8 Å². The standard InChI is InChI=1S/C35H43N5O4/c1-38(34(42)29-13-11-26(12-14-29)25-39-21-17-28(18-22-39)33(36)41)23-24-44-35(43)40(30-15-19-37-20-16-30)32-10-6-5-9-31(32)27-7-3-2-4-8-27/h2-14,28,30,37H,15-25H2,1H3,(H2,36,41). The van der Waals surface area contributed by atoms with Crippen LogP contribution in [0.1, 0.15) is 41.6 Å². The maximum absolute atomic E-state index is 13.7. The molecule has 3 amide bonds. The highest BCUT2D eigenvalue weighted by molar-refractivity contribution is 5.95. The van der Waals surface area contributed by atoms with E-state index in [0.29, 0.717) is 5.56 Å². The van der Waals surface area contributed by atoms with Gasteiger partial charge in [-0.15, -0.1) is 0 Å². The Morgan fingerprint density at radius 3 is 2.23 bits per heavy atom. The lowest BCUT2D eigenvalue weighted by Crippen LogP contribution is -2.47. The minimum atomic E-state index is -0.398. The Kier molecular flexibility index (Phi) is 10.6. The minimum Gasteiger partial charge on any atom is -0.447 e. The molecule has 3 aromatic carbocycles. The van der Waals surface area contributed by atoms with Crippen molar-refractivity contribution in [2.24, 2.45) is 11.7 Å². The van der Waals surface area contributed by atoms with Crippen molar-refractivity contribution >= 4 is 23.6 Å². The van der Waals surface area contributed by atoms with Crippen molar-refractivity contribution in [3.63, 3.8) is 0 Å². The van der Waals surface area contributed by atoms with E-state index in [0.717, 1.165) is 80.8 Å². The maximum Gasteiger partial charge on any atom is 0.414 e. The second-order valence-corrected chi connectivity index (χ2v) is 11.7. The number of para-hydroxylation sites is 1. The van der Waals surface area contributed by atoms with Gasteiger partial charge in [0, 0.05) is 36.7 Å².